The van der Waals surface area contributed by atoms with Gasteiger partial charge in [0.15, 0.2) is 17.3 Å². The van der Waals surface area contributed by atoms with Crippen molar-refractivity contribution in [3.05, 3.63) is 125 Å². The second-order valence-corrected chi connectivity index (χ2v) is 20.4. The molecule has 0 amide bonds. The van der Waals surface area contributed by atoms with Gasteiger partial charge in [-0.2, -0.15) is 4.52 Å². The van der Waals surface area contributed by atoms with E-state index in [1.54, 1.807) is 80.5 Å². The first-order valence-electron chi connectivity index (χ1n) is 16.7. The Morgan fingerprint density at radius 2 is 0.947 bits per heavy atom. The molecule has 21 heteroatoms. The fourth-order valence-electron chi connectivity index (χ4n) is 4.11. The zero-order valence-corrected chi connectivity index (χ0v) is 38.6. The lowest BCUT2D eigenvalue weighted by atomic mass is 10.2. The van der Waals surface area contributed by atoms with Gasteiger partial charge in [0.2, 0.25) is 35.4 Å². The molecule has 4 aromatic carbocycles. The van der Waals surface area contributed by atoms with Crippen LogP contribution in [0.3, 0.4) is 0 Å². The van der Waals surface area contributed by atoms with E-state index in [2.05, 4.69) is 15.3 Å². The minimum absolute atomic E-state index is 0.521. The molecule has 0 radical (unpaired) electrons. The first-order chi connectivity index (χ1) is 27.2. The third-order valence-corrected chi connectivity index (χ3v) is 15.1. The van der Waals surface area contributed by atoms with Crippen LogP contribution in [-0.4, -0.2) is 87.7 Å². The van der Waals surface area contributed by atoms with Gasteiger partial charge in [-0.05, 0) is 102 Å². The molecule has 0 saturated heterocycles. The summed E-state index contributed by atoms with van der Waals surface area (Å²) in [5, 5.41) is 22.9. The number of methoxy groups -OCH3 is 1. The summed E-state index contributed by atoms with van der Waals surface area (Å²) in [6.45, 7) is 1.93. The fourth-order valence-corrected chi connectivity index (χ4v) is 7.57. The number of aryl methyl sites for hydroxylation is 1. The number of aliphatic hydroxyl groups is 1. The van der Waals surface area contributed by atoms with Crippen molar-refractivity contribution in [2.75, 3.05) is 49.6 Å². The third-order valence-electron chi connectivity index (χ3n) is 7.41. The summed E-state index contributed by atoms with van der Waals surface area (Å²) in [6, 6.07) is 29.5. The average molecular weight is 910 g/mol. The molecule has 0 spiro atoms. The van der Waals surface area contributed by atoms with Crippen molar-refractivity contribution < 1.29 is 37.0 Å². The Hall–Kier alpha value is -3.68. The van der Waals surface area contributed by atoms with Crippen LogP contribution in [0.2, 0.25) is 0 Å². The first kappa shape index (κ1) is 47.7. The molecule has 14 nitrogen and oxygen atoms in total. The lowest BCUT2D eigenvalue weighted by Gasteiger charge is -2.19. The smallest absolute Gasteiger partial charge is 0.497 e. The van der Waals surface area contributed by atoms with Crippen LogP contribution in [-0.2, 0) is 53.6 Å². The minimum atomic E-state index is -3.45. The predicted octanol–water partition coefficient (Wildman–Crippen LogP) is 9.09. The Kier molecular flexibility index (Phi) is 20.3. The number of rotatable bonds is 19. The maximum absolute atomic E-state index is 11.8. The van der Waals surface area contributed by atoms with E-state index in [0.717, 1.165) is 28.0 Å². The highest BCUT2D eigenvalue weighted by atomic mass is 32.4. The van der Waals surface area contributed by atoms with Crippen molar-refractivity contribution in [2.24, 2.45) is 15.3 Å². The Balaban J connectivity index is 0.000000485. The summed E-state index contributed by atoms with van der Waals surface area (Å²) >= 11 is 16.2. The topological polar surface area (TPSA) is 139 Å². The van der Waals surface area contributed by atoms with Gasteiger partial charge in [0.05, 0.1) is 54.0 Å². The number of hydrogen-bond acceptors (Lipinski definition) is 14. The monoisotopic (exact) mass is 909 g/mol. The second-order valence-electron chi connectivity index (χ2n) is 11.4. The van der Waals surface area contributed by atoms with E-state index >= 15 is 0 Å². The number of nitrogens with zero attached hydrogens (tertiary/aromatic N) is 6. The molecule has 0 saturated carbocycles. The SMILES string of the molecule is COP(=O)(OC)C(O)c1ccc(C)cc1.COc1ccc(/C=N/N(C)[P+](=S)Oc2ccc(/C=N/N(C)[P+](=S)Oc3ccc(/C=N/N(C)[P+](=S)OC)cc3)cc2)cc1. The van der Waals surface area contributed by atoms with Crippen molar-refractivity contribution in [1.29, 1.82) is 0 Å². The zero-order chi connectivity index (χ0) is 42.0. The van der Waals surface area contributed by atoms with Crippen molar-refractivity contribution in [1.82, 2.24) is 14.3 Å². The number of aliphatic hydroxyl groups excluding tert-OH is 1. The van der Waals surface area contributed by atoms with Crippen molar-refractivity contribution >= 4 is 82.9 Å². The van der Waals surface area contributed by atoms with E-state index in [-0.39, 0.29) is 0 Å². The normalized spacial score (nSPS) is 12.8. The van der Waals surface area contributed by atoms with E-state index in [4.69, 9.17) is 62.8 Å². The highest BCUT2D eigenvalue weighted by Gasteiger charge is 2.33. The van der Waals surface area contributed by atoms with Crippen LogP contribution < -0.4 is 13.8 Å². The van der Waals surface area contributed by atoms with Gasteiger partial charge < -0.3 is 18.9 Å². The molecular weight excluding hydrogens is 865 g/mol. The molecule has 0 aromatic heterocycles. The van der Waals surface area contributed by atoms with Crippen LogP contribution >= 0.6 is 28.8 Å². The summed E-state index contributed by atoms with van der Waals surface area (Å²) in [5.41, 5.74) is 4.29. The Bertz CT molecular complexity index is 2060. The molecule has 0 aliphatic heterocycles. The van der Waals surface area contributed by atoms with Gasteiger partial charge in [0.25, 0.3) is 0 Å². The lowest BCUT2D eigenvalue weighted by molar-refractivity contribution is 0.176. The van der Waals surface area contributed by atoms with Crippen molar-refractivity contribution in [3.8, 4) is 17.2 Å². The van der Waals surface area contributed by atoms with Crippen LogP contribution in [0.4, 0.5) is 0 Å². The van der Waals surface area contributed by atoms with E-state index < -0.39 is 34.7 Å². The number of hydrazone groups is 3. The van der Waals surface area contributed by atoms with Gasteiger partial charge >= 0.3 is 28.8 Å². The maximum Gasteiger partial charge on any atom is 0.540 e. The van der Waals surface area contributed by atoms with Crippen molar-refractivity contribution in [2.45, 2.75) is 12.8 Å². The van der Waals surface area contributed by atoms with Gasteiger partial charge in [-0.25, -0.2) is 0 Å². The molecule has 302 valence electrons. The van der Waals surface area contributed by atoms with Gasteiger partial charge in [-0.1, -0.05) is 44.2 Å². The molecule has 0 bridgehead atoms. The molecule has 0 heterocycles. The largest absolute Gasteiger partial charge is 0.540 e. The van der Waals surface area contributed by atoms with Gasteiger partial charge in [0.1, 0.15) is 5.75 Å². The molecule has 0 fully saturated rings. The van der Waals surface area contributed by atoms with Crippen LogP contribution in [0, 0.1) is 6.92 Å². The molecular formula is C36H45N6O8P4S3+3. The molecule has 0 aliphatic rings. The summed E-state index contributed by atoms with van der Waals surface area (Å²) < 4.78 is 48.2. The van der Waals surface area contributed by atoms with Crippen LogP contribution in [0.15, 0.2) is 112 Å². The standard InChI is InChI=1S/C26H30N6O4P3S3.C10H15O4P/c1-30(37(40)34-5)27-18-22-8-14-25(15-9-22)35-39(42)32(3)29-20-23-10-16-26(17-11-23)36-38(41)31(2)28-19-21-6-12-24(33-4)13-7-21;1-8-4-6-9(7-5-8)10(11)15(12,13-2)14-3/h6-20H,1-5H3;4-7,10-11H,1-3H3/q+3;/b27-18+,28-19+,29-20+;. The molecule has 4 unspecified atom stereocenters. The van der Waals surface area contributed by atoms with Crippen molar-refractivity contribution in [3.63, 3.8) is 0 Å². The second kappa shape index (κ2) is 24.3. The summed E-state index contributed by atoms with van der Waals surface area (Å²) in [4.78, 5) is 0. The van der Waals surface area contributed by atoms with Gasteiger partial charge in [-0.3, -0.25) is 13.6 Å². The summed E-state index contributed by atoms with van der Waals surface area (Å²) in [6.07, 6.45) is 5.14. The lowest BCUT2D eigenvalue weighted by Crippen LogP contribution is -2.04. The Morgan fingerprint density at radius 1 is 0.596 bits per heavy atom. The quantitative estimate of drug-likeness (QED) is 0.0544. The number of hydrogen-bond donors (Lipinski definition) is 1. The van der Waals surface area contributed by atoms with E-state index in [9.17, 15) is 9.67 Å². The molecule has 1 N–H and O–H groups in total. The zero-order valence-electron chi connectivity index (χ0n) is 32.5. The van der Waals surface area contributed by atoms with E-state index in [0.29, 0.717) is 17.1 Å². The minimum Gasteiger partial charge on any atom is -0.497 e. The molecule has 0 aliphatic carbocycles. The number of ether oxygens (including phenoxy) is 1. The van der Waals surface area contributed by atoms with Gasteiger partial charge in [0, 0.05) is 14.2 Å². The van der Waals surface area contributed by atoms with E-state index in [1.165, 1.54) is 14.2 Å². The molecule has 4 aromatic rings. The molecule has 57 heavy (non-hydrogen) atoms. The fraction of sp³-hybridized carbons (Fsp3) is 0.250. The third kappa shape index (κ3) is 15.9. The maximum atomic E-state index is 11.8. The van der Waals surface area contributed by atoms with Crippen LogP contribution in [0.1, 0.15) is 33.7 Å². The number of benzene rings is 4. The van der Waals surface area contributed by atoms with Crippen LogP contribution in [0.5, 0.6) is 17.2 Å². The molecule has 4 atom stereocenters. The average Bonchev–Trinajstić information content (AvgIpc) is 3.24. The Morgan fingerprint density at radius 3 is 1.28 bits per heavy atom. The Labute approximate surface area is 352 Å². The predicted molar refractivity (Wildman–Crippen MR) is 241 cm³/mol. The first-order valence-corrected chi connectivity index (χ1v) is 25.0. The van der Waals surface area contributed by atoms with Gasteiger partial charge in [-0.15, -0.1) is 15.3 Å². The highest BCUT2D eigenvalue weighted by Crippen LogP contribution is 2.58. The van der Waals surface area contributed by atoms with E-state index in [1.807, 2.05) is 91.9 Å². The summed E-state index contributed by atoms with van der Waals surface area (Å²) in [5.74, 6) is 0.835. The van der Waals surface area contributed by atoms with Crippen LogP contribution in [0.25, 0.3) is 0 Å². The molecule has 4 rings (SSSR count). The highest BCUT2D eigenvalue weighted by molar-refractivity contribution is 8.02. The summed E-state index contributed by atoms with van der Waals surface area (Å²) in [7, 11) is 3.63.